The first-order valence-electron chi connectivity index (χ1n) is 8.80. The van der Waals surface area contributed by atoms with Crippen molar-refractivity contribution >= 4 is 29.0 Å². The summed E-state index contributed by atoms with van der Waals surface area (Å²) in [6, 6.07) is 15.5. The smallest absolute Gasteiger partial charge is 0.248 e. The molecule has 25 heavy (non-hydrogen) atoms. The highest BCUT2D eigenvalue weighted by Crippen LogP contribution is 2.24. The van der Waals surface area contributed by atoms with E-state index < -0.39 is 0 Å². The lowest BCUT2D eigenvalue weighted by molar-refractivity contribution is -0.111. The number of nitrogens with zero attached hydrogens (tertiary/aromatic N) is 1. The van der Waals surface area contributed by atoms with Gasteiger partial charge >= 0.3 is 0 Å². The molecule has 1 aliphatic rings. The van der Waals surface area contributed by atoms with E-state index in [0.717, 1.165) is 30.3 Å². The van der Waals surface area contributed by atoms with Crippen molar-refractivity contribution in [2.75, 3.05) is 29.0 Å². The molecule has 1 fully saturated rings. The van der Waals surface area contributed by atoms with E-state index >= 15 is 0 Å². The molecule has 1 amide bonds. The van der Waals surface area contributed by atoms with Gasteiger partial charge in [0.1, 0.15) is 0 Å². The molecule has 1 aliphatic heterocycles. The van der Waals surface area contributed by atoms with Crippen molar-refractivity contribution in [3.63, 3.8) is 0 Å². The van der Waals surface area contributed by atoms with Crippen LogP contribution in [-0.2, 0) is 4.79 Å². The number of carbonyl (C=O) groups excluding carboxylic acids is 1. The van der Waals surface area contributed by atoms with Gasteiger partial charge in [-0.1, -0.05) is 19.1 Å². The van der Waals surface area contributed by atoms with Gasteiger partial charge < -0.3 is 16.0 Å². The Labute approximate surface area is 149 Å². The molecule has 0 aliphatic carbocycles. The highest BCUT2D eigenvalue weighted by molar-refractivity contribution is 6.02. The van der Waals surface area contributed by atoms with Gasteiger partial charge in [-0.2, -0.15) is 0 Å². The van der Waals surface area contributed by atoms with Crippen molar-refractivity contribution in [3.05, 3.63) is 60.2 Å². The van der Waals surface area contributed by atoms with Crippen LogP contribution in [0, 0.1) is 5.92 Å². The molecule has 3 N–H and O–H groups in total. The zero-order chi connectivity index (χ0) is 17.6. The zero-order valence-electron chi connectivity index (χ0n) is 14.6. The summed E-state index contributed by atoms with van der Waals surface area (Å²) in [6.07, 6.45) is 5.80. The lowest BCUT2D eigenvalue weighted by Crippen LogP contribution is -2.32. The highest BCUT2D eigenvalue weighted by atomic mass is 16.1. The van der Waals surface area contributed by atoms with Crippen LogP contribution < -0.4 is 16.0 Å². The van der Waals surface area contributed by atoms with E-state index in [4.69, 9.17) is 5.73 Å². The second kappa shape index (κ2) is 7.88. The van der Waals surface area contributed by atoms with Crippen LogP contribution >= 0.6 is 0 Å². The van der Waals surface area contributed by atoms with E-state index in [9.17, 15) is 4.79 Å². The van der Waals surface area contributed by atoms with Crippen LogP contribution in [-0.4, -0.2) is 19.0 Å². The number of nitrogen functional groups attached to an aromatic ring is 1. The Kier molecular flexibility index (Phi) is 5.39. The Bertz CT molecular complexity index is 727. The fourth-order valence-electron chi connectivity index (χ4n) is 2.99. The average Bonchev–Trinajstić information content (AvgIpc) is 2.63. The Hall–Kier alpha value is -2.75. The standard InChI is InChI=1S/C21H25N3O/c1-16-12-14-24(15-13-16)20-9-7-19(8-10-20)23-21(25)11-4-17-2-5-18(22)6-3-17/h2-11,16H,12-15,22H2,1H3,(H,23,25)/b11-4+. The number of hydrogen-bond acceptors (Lipinski definition) is 3. The molecule has 0 saturated carbocycles. The van der Waals surface area contributed by atoms with Crippen molar-refractivity contribution in [2.45, 2.75) is 19.8 Å². The SMILES string of the molecule is CC1CCN(c2ccc(NC(=O)/C=C/c3ccc(N)cc3)cc2)CC1. The molecule has 130 valence electrons. The monoisotopic (exact) mass is 335 g/mol. The number of anilines is 3. The Balaban J connectivity index is 1.55. The van der Waals surface area contributed by atoms with Crippen LogP contribution in [0.4, 0.5) is 17.1 Å². The molecule has 2 aromatic rings. The second-order valence-electron chi connectivity index (χ2n) is 6.71. The van der Waals surface area contributed by atoms with Gasteiger partial charge in [-0.25, -0.2) is 0 Å². The summed E-state index contributed by atoms with van der Waals surface area (Å²) in [5, 5.41) is 2.89. The van der Waals surface area contributed by atoms with Gasteiger partial charge in [0.25, 0.3) is 0 Å². The maximum Gasteiger partial charge on any atom is 0.248 e. The van der Waals surface area contributed by atoms with Gasteiger partial charge in [-0.15, -0.1) is 0 Å². The van der Waals surface area contributed by atoms with Gasteiger partial charge in [0.2, 0.25) is 5.91 Å². The molecule has 0 atom stereocenters. The molecule has 1 saturated heterocycles. The summed E-state index contributed by atoms with van der Waals surface area (Å²) in [5.74, 6) is 0.680. The van der Waals surface area contributed by atoms with Crippen LogP contribution in [0.2, 0.25) is 0 Å². The number of rotatable bonds is 4. The quantitative estimate of drug-likeness (QED) is 0.651. The topological polar surface area (TPSA) is 58.4 Å². The second-order valence-corrected chi connectivity index (χ2v) is 6.71. The van der Waals surface area contributed by atoms with Crippen molar-refractivity contribution in [3.8, 4) is 0 Å². The van der Waals surface area contributed by atoms with Crippen LogP contribution in [0.5, 0.6) is 0 Å². The highest BCUT2D eigenvalue weighted by Gasteiger charge is 2.15. The van der Waals surface area contributed by atoms with Crippen LogP contribution in [0.25, 0.3) is 6.08 Å². The maximum absolute atomic E-state index is 12.0. The van der Waals surface area contributed by atoms with Gasteiger partial charge in [0.15, 0.2) is 0 Å². The van der Waals surface area contributed by atoms with Crippen molar-refractivity contribution in [1.29, 1.82) is 0 Å². The number of piperidine rings is 1. The van der Waals surface area contributed by atoms with E-state index in [1.807, 2.05) is 36.4 Å². The number of nitrogens with two attached hydrogens (primary N) is 1. The van der Waals surface area contributed by atoms with Gasteiger partial charge in [-0.3, -0.25) is 4.79 Å². The van der Waals surface area contributed by atoms with Crippen LogP contribution in [0.3, 0.4) is 0 Å². The van der Waals surface area contributed by atoms with E-state index in [2.05, 4.69) is 29.3 Å². The minimum absolute atomic E-state index is 0.142. The van der Waals surface area contributed by atoms with E-state index in [1.54, 1.807) is 6.08 Å². The van der Waals surface area contributed by atoms with E-state index in [-0.39, 0.29) is 5.91 Å². The first-order valence-corrected chi connectivity index (χ1v) is 8.80. The minimum atomic E-state index is -0.142. The summed E-state index contributed by atoms with van der Waals surface area (Å²) in [7, 11) is 0. The van der Waals surface area contributed by atoms with Gasteiger partial charge in [0.05, 0.1) is 0 Å². The third-order valence-corrected chi connectivity index (χ3v) is 4.65. The van der Waals surface area contributed by atoms with Crippen molar-refractivity contribution < 1.29 is 4.79 Å². The molecule has 2 aromatic carbocycles. The number of nitrogens with one attached hydrogen (secondary N) is 1. The van der Waals surface area contributed by atoms with Crippen LogP contribution in [0.15, 0.2) is 54.6 Å². The predicted octanol–water partition coefficient (Wildman–Crippen LogP) is 4.16. The molecule has 4 nitrogen and oxygen atoms in total. The summed E-state index contributed by atoms with van der Waals surface area (Å²) in [4.78, 5) is 14.5. The summed E-state index contributed by atoms with van der Waals surface area (Å²) >= 11 is 0. The van der Waals surface area contributed by atoms with Crippen molar-refractivity contribution in [2.24, 2.45) is 5.92 Å². The zero-order valence-corrected chi connectivity index (χ0v) is 14.6. The fourth-order valence-corrected chi connectivity index (χ4v) is 2.99. The number of carbonyl (C=O) groups is 1. The molecule has 3 rings (SSSR count). The Morgan fingerprint density at radius 1 is 1.08 bits per heavy atom. The van der Waals surface area contributed by atoms with E-state index in [1.165, 1.54) is 24.6 Å². The Morgan fingerprint density at radius 2 is 1.72 bits per heavy atom. The fraction of sp³-hybridized carbons (Fsp3) is 0.286. The third kappa shape index (κ3) is 4.86. The van der Waals surface area contributed by atoms with E-state index in [0.29, 0.717) is 5.69 Å². The summed E-state index contributed by atoms with van der Waals surface area (Å²) < 4.78 is 0. The average molecular weight is 335 g/mol. The minimum Gasteiger partial charge on any atom is -0.399 e. The molecule has 0 aromatic heterocycles. The molecule has 4 heteroatoms. The number of benzene rings is 2. The molecular weight excluding hydrogens is 310 g/mol. The van der Waals surface area contributed by atoms with Gasteiger partial charge in [-0.05, 0) is 66.8 Å². The third-order valence-electron chi connectivity index (χ3n) is 4.65. The molecule has 0 radical (unpaired) electrons. The maximum atomic E-state index is 12.0. The Morgan fingerprint density at radius 3 is 2.36 bits per heavy atom. The van der Waals surface area contributed by atoms with Crippen LogP contribution in [0.1, 0.15) is 25.3 Å². The van der Waals surface area contributed by atoms with Gasteiger partial charge in [0, 0.05) is 36.2 Å². The lowest BCUT2D eigenvalue weighted by atomic mass is 9.99. The number of hydrogen-bond donors (Lipinski definition) is 2. The lowest BCUT2D eigenvalue weighted by Gasteiger charge is -2.32. The largest absolute Gasteiger partial charge is 0.399 e. The predicted molar refractivity (Wildman–Crippen MR) is 106 cm³/mol. The molecule has 0 spiro atoms. The summed E-state index contributed by atoms with van der Waals surface area (Å²) in [6.45, 7) is 4.53. The molecule has 1 heterocycles. The molecular formula is C21H25N3O. The first-order chi connectivity index (χ1) is 12.1. The van der Waals surface area contributed by atoms with Crippen molar-refractivity contribution in [1.82, 2.24) is 0 Å². The molecule has 0 unspecified atom stereocenters. The first kappa shape index (κ1) is 17.1. The number of amides is 1. The summed E-state index contributed by atoms with van der Waals surface area (Å²) in [5.41, 5.74) is 9.34. The molecule has 0 bridgehead atoms. The normalized spacial score (nSPS) is 15.5.